The number of benzene rings is 1. The Labute approximate surface area is 110 Å². The number of pyridine rings is 1. The van der Waals surface area contributed by atoms with Crippen molar-refractivity contribution in [2.75, 3.05) is 0 Å². The lowest BCUT2D eigenvalue weighted by molar-refractivity contribution is -0.141. The molecule has 0 aliphatic carbocycles. The fourth-order valence-corrected chi connectivity index (χ4v) is 1.90. The summed E-state index contributed by atoms with van der Waals surface area (Å²) in [5, 5.41) is 0. The smallest absolute Gasteiger partial charge is 0.248 e. The van der Waals surface area contributed by atoms with Gasteiger partial charge in [-0.15, -0.1) is 0 Å². The minimum absolute atomic E-state index is 0.414. The molecule has 0 saturated carbocycles. The molecule has 0 aliphatic heterocycles. The number of halogens is 3. The lowest BCUT2D eigenvalue weighted by atomic mass is 10.0. The monoisotopic (exact) mass is 265 g/mol. The van der Waals surface area contributed by atoms with Gasteiger partial charge in [0, 0.05) is 12.1 Å². The zero-order valence-corrected chi connectivity index (χ0v) is 10.5. The summed E-state index contributed by atoms with van der Waals surface area (Å²) >= 11 is 0. The highest BCUT2D eigenvalue weighted by atomic mass is 19.4. The first-order valence-electron chi connectivity index (χ1n) is 6.10. The largest absolute Gasteiger partial charge is 0.433 e. The van der Waals surface area contributed by atoms with Gasteiger partial charge in [-0.05, 0) is 29.7 Å². The molecule has 19 heavy (non-hydrogen) atoms. The van der Waals surface area contributed by atoms with Crippen LogP contribution in [0.2, 0.25) is 0 Å². The van der Waals surface area contributed by atoms with E-state index in [0.717, 1.165) is 18.1 Å². The van der Waals surface area contributed by atoms with Crippen LogP contribution < -0.4 is 0 Å². The average molecular weight is 265 g/mol. The first-order chi connectivity index (χ1) is 8.99. The standard InChI is InChI=1S/C15H14F3N/c1-2-11-5-3-6-12(9-11)10-13-7-4-8-14(19-13)15(16,17)18/h3-9H,2,10H2,1H3. The maximum atomic E-state index is 12.6. The normalized spacial score (nSPS) is 11.6. The van der Waals surface area contributed by atoms with Gasteiger partial charge in [-0.25, -0.2) is 4.98 Å². The lowest BCUT2D eigenvalue weighted by Gasteiger charge is -2.08. The molecular formula is C15H14F3N. The molecule has 0 unspecified atom stereocenters. The summed E-state index contributed by atoms with van der Waals surface area (Å²) < 4.78 is 37.7. The fraction of sp³-hybridized carbons (Fsp3) is 0.267. The maximum absolute atomic E-state index is 12.6. The highest BCUT2D eigenvalue weighted by Crippen LogP contribution is 2.27. The van der Waals surface area contributed by atoms with Crippen LogP contribution in [0.1, 0.15) is 29.4 Å². The van der Waals surface area contributed by atoms with Crippen LogP contribution in [0.3, 0.4) is 0 Å². The molecular weight excluding hydrogens is 251 g/mol. The van der Waals surface area contributed by atoms with Crippen molar-refractivity contribution in [3.8, 4) is 0 Å². The van der Waals surface area contributed by atoms with E-state index in [-0.39, 0.29) is 0 Å². The summed E-state index contributed by atoms with van der Waals surface area (Å²) in [4.78, 5) is 3.67. The molecule has 0 amide bonds. The van der Waals surface area contributed by atoms with Crippen molar-refractivity contribution in [3.05, 3.63) is 65.0 Å². The van der Waals surface area contributed by atoms with Gasteiger partial charge in [-0.2, -0.15) is 13.2 Å². The van der Waals surface area contributed by atoms with Crippen molar-refractivity contribution in [2.24, 2.45) is 0 Å². The summed E-state index contributed by atoms with van der Waals surface area (Å²) in [5.74, 6) is 0. The van der Waals surface area contributed by atoms with E-state index >= 15 is 0 Å². The van der Waals surface area contributed by atoms with E-state index in [1.54, 1.807) is 6.07 Å². The Morgan fingerprint density at radius 2 is 1.68 bits per heavy atom. The van der Waals surface area contributed by atoms with E-state index in [0.29, 0.717) is 12.1 Å². The summed E-state index contributed by atoms with van der Waals surface area (Å²) in [6.07, 6.45) is -3.07. The van der Waals surface area contributed by atoms with Crippen molar-refractivity contribution >= 4 is 0 Å². The summed E-state index contributed by atoms with van der Waals surface area (Å²) in [7, 11) is 0. The Morgan fingerprint density at radius 1 is 1.00 bits per heavy atom. The molecule has 0 saturated heterocycles. The van der Waals surface area contributed by atoms with Crippen LogP contribution in [-0.4, -0.2) is 4.98 Å². The molecule has 0 N–H and O–H groups in total. The topological polar surface area (TPSA) is 12.9 Å². The van der Waals surface area contributed by atoms with Gasteiger partial charge in [0.2, 0.25) is 0 Å². The summed E-state index contributed by atoms with van der Waals surface area (Å²) in [6.45, 7) is 2.04. The molecule has 2 rings (SSSR count). The van der Waals surface area contributed by atoms with E-state index in [9.17, 15) is 13.2 Å². The number of nitrogens with zero attached hydrogens (tertiary/aromatic N) is 1. The molecule has 0 radical (unpaired) electrons. The Kier molecular flexibility index (Phi) is 3.88. The Balaban J connectivity index is 2.23. The van der Waals surface area contributed by atoms with E-state index in [2.05, 4.69) is 4.98 Å². The molecule has 1 heterocycles. The zero-order chi connectivity index (χ0) is 13.9. The molecule has 0 spiro atoms. The third kappa shape index (κ3) is 3.56. The van der Waals surface area contributed by atoms with Gasteiger partial charge in [0.25, 0.3) is 0 Å². The Hall–Kier alpha value is -1.84. The number of aromatic nitrogens is 1. The van der Waals surface area contributed by atoms with Crippen LogP contribution in [0, 0.1) is 0 Å². The van der Waals surface area contributed by atoms with Gasteiger partial charge in [0.15, 0.2) is 0 Å². The van der Waals surface area contributed by atoms with Gasteiger partial charge in [0.1, 0.15) is 5.69 Å². The predicted octanol–water partition coefficient (Wildman–Crippen LogP) is 4.25. The van der Waals surface area contributed by atoms with E-state index in [1.165, 1.54) is 11.6 Å². The molecule has 0 atom stereocenters. The van der Waals surface area contributed by atoms with Crippen molar-refractivity contribution < 1.29 is 13.2 Å². The number of hydrogen-bond donors (Lipinski definition) is 0. The van der Waals surface area contributed by atoms with Crippen LogP contribution in [0.15, 0.2) is 42.5 Å². The van der Waals surface area contributed by atoms with Crippen LogP contribution in [0.5, 0.6) is 0 Å². The van der Waals surface area contributed by atoms with E-state index < -0.39 is 11.9 Å². The number of hydrogen-bond acceptors (Lipinski definition) is 1. The molecule has 0 aliphatic rings. The van der Waals surface area contributed by atoms with Gasteiger partial charge >= 0.3 is 6.18 Å². The Bertz CT molecular complexity index is 561. The highest BCUT2D eigenvalue weighted by Gasteiger charge is 2.32. The third-order valence-electron chi connectivity index (χ3n) is 2.88. The third-order valence-corrected chi connectivity index (χ3v) is 2.88. The van der Waals surface area contributed by atoms with Crippen LogP contribution in [0.25, 0.3) is 0 Å². The molecule has 1 nitrogen and oxygen atoms in total. The molecule has 1 aromatic carbocycles. The van der Waals surface area contributed by atoms with Gasteiger partial charge < -0.3 is 0 Å². The number of aryl methyl sites for hydroxylation is 1. The molecule has 0 fully saturated rings. The minimum Gasteiger partial charge on any atom is -0.248 e. The summed E-state index contributed by atoms with van der Waals surface area (Å²) in [5.41, 5.74) is 1.75. The quantitative estimate of drug-likeness (QED) is 0.808. The molecule has 1 aromatic heterocycles. The van der Waals surface area contributed by atoms with Gasteiger partial charge in [-0.3, -0.25) is 0 Å². The van der Waals surface area contributed by atoms with Gasteiger partial charge in [0.05, 0.1) is 0 Å². The maximum Gasteiger partial charge on any atom is 0.433 e. The minimum atomic E-state index is -4.39. The van der Waals surface area contributed by atoms with Crippen molar-refractivity contribution in [2.45, 2.75) is 25.9 Å². The zero-order valence-electron chi connectivity index (χ0n) is 10.5. The molecule has 100 valence electrons. The van der Waals surface area contributed by atoms with Gasteiger partial charge in [-0.1, -0.05) is 37.3 Å². The number of rotatable bonds is 3. The second-order valence-corrected chi connectivity index (χ2v) is 4.36. The van der Waals surface area contributed by atoms with Crippen molar-refractivity contribution in [1.29, 1.82) is 0 Å². The average Bonchev–Trinajstić information content (AvgIpc) is 2.38. The Morgan fingerprint density at radius 3 is 2.37 bits per heavy atom. The number of alkyl halides is 3. The first-order valence-corrected chi connectivity index (χ1v) is 6.10. The fourth-order valence-electron chi connectivity index (χ4n) is 1.90. The first kappa shape index (κ1) is 13.6. The second kappa shape index (κ2) is 5.43. The van der Waals surface area contributed by atoms with Crippen LogP contribution >= 0.6 is 0 Å². The van der Waals surface area contributed by atoms with E-state index in [4.69, 9.17) is 0 Å². The van der Waals surface area contributed by atoms with Crippen LogP contribution in [0.4, 0.5) is 13.2 Å². The predicted molar refractivity (Wildman–Crippen MR) is 67.9 cm³/mol. The summed E-state index contributed by atoms with van der Waals surface area (Å²) in [6, 6.07) is 11.8. The molecule has 2 aromatic rings. The van der Waals surface area contributed by atoms with Crippen LogP contribution in [-0.2, 0) is 19.0 Å². The van der Waals surface area contributed by atoms with E-state index in [1.807, 2.05) is 31.2 Å². The molecule has 0 bridgehead atoms. The second-order valence-electron chi connectivity index (χ2n) is 4.36. The van der Waals surface area contributed by atoms with Crippen molar-refractivity contribution in [1.82, 2.24) is 4.98 Å². The highest BCUT2D eigenvalue weighted by molar-refractivity contribution is 5.27. The SMILES string of the molecule is CCc1cccc(Cc2cccc(C(F)(F)F)n2)c1. The molecule has 4 heteroatoms. The van der Waals surface area contributed by atoms with Crippen molar-refractivity contribution in [3.63, 3.8) is 0 Å². The lowest BCUT2D eigenvalue weighted by Crippen LogP contribution is -2.09.